The zero-order valence-electron chi connectivity index (χ0n) is 13.6. The van der Waals surface area contributed by atoms with Gasteiger partial charge in [0, 0.05) is 38.1 Å². The number of methoxy groups -OCH3 is 1. The van der Waals surface area contributed by atoms with Gasteiger partial charge in [0.1, 0.15) is 0 Å². The van der Waals surface area contributed by atoms with Crippen molar-refractivity contribution in [3.05, 3.63) is 24.0 Å². The molecule has 0 aliphatic carbocycles. The van der Waals surface area contributed by atoms with Crippen molar-refractivity contribution in [2.75, 3.05) is 20.3 Å². The van der Waals surface area contributed by atoms with Crippen LogP contribution in [0.5, 0.6) is 0 Å². The van der Waals surface area contributed by atoms with Gasteiger partial charge in [0.05, 0.1) is 17.8 Å². The van der Waals surface area contributed by atoms with E-state index in [1.54, 1.807) is 13.3 Å². The normalized spacial score (nSPS) is 20.0. The molecule has 2 heterocycles. The van der Waals surface area contributed by atoms with E-state index in [1.165, 1.54) is 0 Å². The highest BCUT2D eigenvalue weighted by Crippen LogP contribution is 2.36. The highest BCUT2D eigenvalue weighted by Gasteiger charge is 2.51. The molecule has 1 aromatic rings. The van der Waals surface area contributed by atoms with Crippen LogP contribution in [0.1, 0.15) is 33.3 Å². The Kier molecular flexibility index (Phi) is 5.04. The first kappa shape index (κ1) is 16.4. The molecule has 5 nitrogen and oxygen atoms in total. The molecule has 1 fully saturated rings. The maximum Gasteiger partial charge on any atom is 0.496 e. The third-order valence-corrected chi connectivity index (χ3v) is 4.15. The van der Waals surface area contributed by atoms with Crippen molar-refractivity contribution in [2.24, 2.45) is 0 Å². The number of pyridine rings is 1. The first-order valence-corrected chi connectivity index (χ1v) is 7.35. The Morgan fingerprint density at radius 1 is 1.19 bits per heavy atom. The summed E-state index contributed by atoms with van der Waals surface area (Å²) >= 11 is 0. The van der Waals surface area contributed by atoms with Gasteiger partial charge in [-0.15, -0.1) is 0 Å². The van der Waals surface area contributed by atoms with Gasteiger partial charge in [-0.05, 0) is 33.3 Å². The van der Waals surface area contributed by atoms with Gasteiger partial charge < -0.3 is 19.4 Å². The average molecular weight is 292 g/mol. The van der Waals surface area contributed by atoms with Crippen LogP contribution in [0.3, 0.4) is 0 Å². The van der Waals surface area contributed by atoms with Gasteiger partial charge in [0.15, 0.2) is 0 Å². The van der Waals surface area contributed by atoms with E-state index in [0.717, 1.165) is 24.1 Å². The van der Waals surface area contributed by atoms with E-state index in [9.17, 15) is 0 Å². The molecule has 21 heavy (non-hydrogen) atoms. The topological polar surface area (TPSA) is 52.6 Å². The minimum Gasteiger partial charge on any atom is -0.399 e. The van der Waals surface area contributed by atoms with Crippen molar-refractivity contribution in [1.82, 2.24) is 10.3 Å². The second-order valence-electron chi connectivity index (χ2n) is 6.38. The molecule has 1 N–H and O–H groups in total. The van der Waals surface area contributed by atoms with E-state index in [0.29, 0.717) is 6.61 Å². The van der Waals surface area contributed by atoms with Gasteiger partial charge in [-0.2, -0.15) is 0 Å². The van der Waals surface area contributed by atoms with Crippen LogP contribution in [0.15, 0.2) is 18.5 Å². The minimum absolute atomic E-state index is 0.329. The number of hydrogen-bond acceptors (Lipinski definition) is 5. The molecule has 0 amide bonds. The summed E-state index contributed by atoms with van der Waals surface area (Å²) in [5.41, 5.74) is 1.41. The van der Waals surface area contributed by atoms with Gasteiger partial charge in [-0.3, -0.25) is 4.98 Å². The Bertz CT molecular complexity index is 464. The Labute approximate surface area is 127 Å². The Morgan fingerprint density at radius 3 is 2.48 bits per heavy atom. The van der Waals surface area contributed by atoms with Gasteiger partial charge in [-0.1, -0.05) is 6.07 Å². The molecular weight excluding hydrogens is 267 g/mol. The number of nitrogens with zero attached hydrogens (tertiary/aromatic N) is 1. The summed E-state index contributed by atoms with van der Waals surface area (Å²) in [4.78, 5) is 4.29. The number of aromatic nitrogens is 1. The van der Waals surface area contributed by atoms with E-state index >= 15 is 0 Å². The molecule has 0 saturated carbocycles. The Hall–Kier alpha value is -0.945. The predicted octanol–water partition coefficient (Wildman–Crippen LogP) is 1.12. The molecule has 0 radical (unpaired) electrons. The van der Waals surface area contributed by atoms with Crippen molar-refractivity contribution in [2.45, 2.75) is 45.4 Å². The third-order valence-electron chi connectivity index (χ3n) is 4.15. The second kappa shape index (κ2) is 6.44. The lowest BCUT2D eigenvalue weighted by molar-refractivity contribution is 0.00578. The van der Waals surface area contributed by atoms with Crippen LogP contribution in [0.25, 0.3) is 0 Å². The van der Waals surface area contributed by atoms with Crippen LogP contribution in [0.4, 0.5) is 0 Å². The van der Waals surface area contributed by atoms with E-state index in [-0.39, 0.29) is 18.3 Å². The summed E-state index contributed by atoms with van der Waals surface area (Å²) in [6.45, 7) is 10.5. The highest BCUT2D eigenvalue weighted by molar-refractivity contribution is 6.62. The fourth-order valence-corrected chi connectivity index (χ4v) is 2.12. The number of hydrogen-bond donors (Lipinski definition) is 1. The quantitative estimate of drug-likeness (QED) is 0.629. The molecule has 116 valence electrons. The number of nitrogens with one attached hydrogen (secondary N) is 1. The maximum absolute atomic E-state index is 6.05. The maximum atomic E-state index is 6.05. The van der Waals surface area contributed by atoms with Crippen molar-refractivity contribution < 1.29 is 14.0 Å². The molecule has 0 unspecified atom stereocenters. The van der Waals surface area contributed by atoms with Crippen molar-refractivity contribution in [1.29, 1.82) is 0 Å². The number of rotatable bonds is 6. The van der Waals surface area contributed by atoms with Crippen molar-refractivity contribution in [3.63, 3.8) is 0 Å². The predicted molar refractivity (Wildman–Crippen MR) is 83.5 cm³/mol. The lowest BCUT2D eigenvalue weighted by atomic mass is 9.80. The Balaban J connectivity index is 2.02. The number of ether oxygens (including phenoxy) is 1. The zero-order valence-corrected chi connectivity index (χ0v) is 13.6. The van der Waals surface area contributed by atoms with Crippen LogP contribution >= 0.6 is 0 Å². The standard InChI is InChI=1S/C15H25BN2O3/c1-14(2)15(3,4)21-16(20-14)13-8-12(10-18-11-13)9-17-6-7-19-5/h8,10-11,17H,6-7,9H2,1-5H3. The molecule has 0 spiro atoms. The first-order chi connectivity index (χ1) is 9.86. The molecule has 0 bridgehead atoms. The summed E-state index contributed by atoms with van der Waals surface area (Å²) in [5, 5.41) is 3.31. The summed E-state index contributed by atoms with van der Waals surface area (Å²) in [7, 11) is 1.34. The van der Waals surface area contributed by atoms with Crippen LogP contribution in [0, 0.1) is 0 Å². The summed E-state index contributed by atoms with van der Waals surface area (Å²) < 4.78 is 17.1. The summed E-state index contributed by atoms with van der Waals surface area (Å²) in [6.07, 6.45) is 3.66. The van der Waals surface area contributed by atoms with Crippen LogP contribution in [-0.2, 0) is 20.6 Å². The average Bonchev–Trinajstić information content (AvgIpc) is 2.64. The van der Waals surface area contributed by atoms with E-state index < -0.39 is 0 Å². The smallest absolute Gasteiger partial charge is 0.399 e. The molecule has 1 aliphatic heterocycles. The van der Waals surface area contributed by atoms with Crippen LogP contribution in [0.2, 0.25) is 0 Å². The second-order valence-corrected chi connectivity index (χ2v) is 6.38. The zero-order chi connectivity index (χ0) is 15.5. The largest absolute Gasteiger partial charge is 0.496 e. The van der Waals surface area contributed by atoms with Gasteiger partial charge in [0.2, 0.25) is 0 Å². The lowest BCUT2D eigenvalue weighted by Gasteiger charge is -2.32. The SMILES string of the molecule is COCCNCc1cncc(B2OC(C)(C)C(C)(C)O2)c1. The molecule has 6 heteroatoms. The molecule has 1 saturated heterocycles. The summed E-state index contributed by atoms with van der Waals surface area (Å²) in [5.74, 6) is 0. The van der Waals surface area contributed by atoms with Gasteiger partial charge >= 0.3 is 7.12 Å². The molecule has 2 rings (SSSR count). The third kappa shape index (κ3) is 3.83. The molecule has 1 aromatic heterocycles. The lowest BCUT2D eigenvalue weighted by Crippen LogP contribution is -2.41. The van der Waals surface area contributed by atoms with E-state index in [4.69, 9.17) is 14.0 Å². The van der Waals surface area contributed by atoms with Gasteiger partial charge in [-0.25, -0.2) is 0 Å². The van der Waals surface area contributed by atoms with E-state index in [1.807, 2.05) is 6.20 Å². The highest BCUT2D eigenvalue weighted by atomic mass is 16.7. The van der Waals surface area contributed by atoms with Gasteiger partial charge in [0.25, 0.3) is 0 Å². The minimum atomic E-state index is -0.360. The molecule has 0 atom stereocenters. The molecule has 1 aliphatic rings. The fraction of sp³-hybridized carbons (Fsp3) is 0.667. The van der Waals surface area contributed by atoms with Crippen molar-refractivity contribution >= 4 is 12.6 Å². The monoisotopic (exact) mass is 292 g/mol. The van der Waals surface area contributed by atoms with E-state index in [2.05, 4.69) is 44.1 Å². The molecular formula is C15H25BN2O3. The van der Waals surface area contributed by atoms with Crippen molar-refractivity contribution in [3.8, 4) is 0 Å². The first-order valence-electron chi connectivity index (χ1n) is 7.35. The van der Waals surface area contributed by atoms with Crippen LogP contribution in [-0.4, -0.2) is 43.6 Å². The fourth-order valence-electron chi connectivity index (χ4n) is 2.12. The Morgan fingerprint density at radius 2 is 1.86 bits per heavy atom. The molecule has 0 aromatic carbocycles. The van der Waals surface area contributed by atoms with Crippen LogP contribution < -0.4 is 10.8 Å². The summed E-state index contributed by atoms with van der Waals surface area (Å²) in [6, 6.07) is 2.08.